The summed E-state index contributed by atoms with van der Waals surface area (Å²) in [4.78, 5) is 16.9. The molecule has 0 aliphatic carbocycles. The van der Waals surface area contributed by atoms with Crippen molar-refractivity contribution in [3.8, 4) is 11.3 Å². The van der Waals surface area contributed by atoms with E-state index in [0.717, 1.165) is 34.4 Å². The van der Waals surface area contributed by atoms with Crippen LogP contribution in [0.2, 0.25) is 0 Å². The van der Waals surface area contributed by atoms with Crippen LogP contribution in [-0.4, -0.2) is 24.0 Å². The third-order valence-corrected chi connectivity index (χ3v) is 4.84. The van der Waals surface area contributed by atoms with Crippen LogP contribution in [0.25, 0.3) is 11.3 Å². The van der Waals surface area contributed by atoms with E-state index in [-0.39, 0.29) is 11.8 Å². The van der Waals surface area contributed by atoms with Gasteiger partial charge in [0.25, 0.3) is 0 Å². The molecule has 0 spiro atoms. The fourth-order valence-electron chi connectivity index (χ4n) is 2.41. The fraction of sp³-hybridized carbons (Fsp3) is 0.375. The summed E-state index contributed by atoms with van der Waals surface area (Å²) in [5, 5.41) is 8.09. The van der Waals surface area contributed by atoms with Gasteiger partial charge in [0.05, 0.1) is 5.01 Å². The van der Waals surface area contributed by atoms with Gasteiger partial charge in [-0.1, -0.05) is 37.3 Å². The zero-order valence-electron chi connectivity index (χ0n) is 12.2. The van der Waals surface area contributed by atoms with Crippen molar-refractivity contribution < 1.29 is 4.79 Å². The molecule has 21 heavy (non-hydrogen) atoms. The van der Waals surface area contributed by atoms with Crippen LogP contribution in [0.15, 0.2) is 30.3 Å². The molecule has 2 N–H and O–H groups in total. The van der Waals surface area contributed by atoms with Gasteiger partial charge in [0.2, 0.25) is 5.91 Å². The van der Waals surface area contributed by atoms with Crippen molar-refractivity contribution in [3.05, 3.63) is 35.3 Å². The summed E-state index contributed by atoms with van der Waals surface area (Å²) < 4.78 is 0. The van der Waals surface area contributed by atoms with Crippen LogP contribution in [0.1, 0.15) is 11.9 Å². The third-order valence-electron chi connectivity index (χ3n) is 3.95. The molecule has 0 bridgehead atoms. The van der Waals surface area contributed by atoms with Crippen molar-refractivity contribution in [2.75, 3.05) is 18.4 Å². The highest BCUT2D eigenvalue weighted by atomic mass is 32.1. The summed E-state index contributed by atoms with van der Waals surface area (Å²) in [6, 6.07) is 9.98. The Labute approximate surface area is 128 Å². The van der Waals surface area contributed by atoms with Gasteiger partial charge in [0.1, 0.15) is 10.7 Å². The van der Waals surface area contributed by atoms with Crippen LogP contribution < -0.4 is 10.6 Å². The van der Waals surface area contributed by atoms with Crippen molar-refractivity contribution in [2.45, 2.75) is 13.8 Å². The maximum absolute atomic E-state index is 12.4. The van der Waals surface area contributed by atoms with E-state index in [9.17, 15) is 4.79 Å². The molecule has 1 atom stereocenters. The van der Waals surface area contributed by atoms with Gasteiger partial charge >= 0.3 is 0 Å². The lowest BCUT2D eigenvalue weighted by atomic mass is 9.88. The zero-order valence-corrected chi connectivity index (χ0v) is 13.0. The van der Waals surface area contributed by atoms with E-state index in [1.165, 1.54) is 11.3 Å². The summed E-state index contributed by atoms with van der Waals surface area (Å²) in [7, 11) is 0. The molecule has 2 heterocycles. The first-order valence-corrected chi connectivity index (χ1v) is 8.01. The number of aromatic nitrogens is 1. The van der Waals surface area contributed by atoms with E-state index in [4.69, 9.17) is 0 Å². The molecule has 1 aliphatic rings. The first-order valence-electron chi connectivity index (χ1n) is 7.19. The highest BCUT2D eigenvalue weighted by Gasteiger charge is 2.29. The number of amides is 1. The molecule has 1 aromatic heterocycles. The van der Waals surface area contributed by atoms with Crippen molar-refractivity contribution in [1.82, 2.24) is 10.3 Å². The average molecular weight is 301 g/mol. The minimum absolute atomic E-state index is 0.0253. The maximum atomic E-state index is 12.4. The van der Waals surface area contributed by atoms with E-state index >= 15 is 0 Å². The molecular formula is C16H19N3OS. The van der Waals surface area contributed by atoms with Crippen molar-refractivity contribution in [3.63, 3.8) is 0 Å². The summed E-state index contributed by atoms with van der Waals surface area (Å²) in [6.45, 7) is 5.83. The van der Waals surface area contributed by atoms with E-state index in [1.54, 1.807) is 0 Å². The number of nitrogens with zero attached hydrogens (tertiary/aromatic N) is 1. The number of rotatable bonds is 4. The number of hydrogen-bond acceptors (Lipinski definition) is 4. The van der Waals surface area contributed by atoms with Crippen molar-refractivity contribution >= 4 is 22.2 Å². The maximum Gasteiger partial charge on any atom is 0.228 e. The first kappa shape index (κ1) is 14.2. The monoisotopic (exact) mass is 301 g/mol. The second-order valence-corrected chi connectivity index (χ2v) is 6.68. The van der Waals surface area contributed by atoms with Crippen LogP contribution in [0.5, 0.6) is 0 Å². The number of aryl methyl sites for hydroxylation is 1. The van der Waals surface area contributed by atoms with Gasteiger partial charge in [0.15, 0.2) is 0 Å². The number of hydrogen-bond donors (Lipinski definition) is 2. The second kappa shape index (κ2) is 5.95. The number of carbonyl (C=O) groups excluding carboxylic acids is 1. The number of anilines is 1. The Morgan fingerprint density at radius 3 is 2.71 bits per heavy atom. The van der Waals surface area contributed by atoms with Gasteiger partial charge in [0, 0.05) is 11.5 Å². The number of nitrogens with one attached hydrogen (secondary N) is 2. The minimum Gasteiger partial charge on any atom is -0.316 e. The summed E-state index contributed by atoms with van der Waals surface area (Å²) >= 11 is 1.53. The zero-order chi connectivity index (χ0) is 14.8. The predicted molar refractivity (Wildman–Crippen MR) is 86.4 cm³/mol. The highest BCUT2D eigenvalue weighted by molar-refractivity contribution is 7.16. The Kier molecular flexibility index (Phi) is 4.03. The molecule has 1 unspecified atom stereocenters. The van der Waals surface area contributed by atoms with Crippen molar-refractivity contribution in [1.29, 1.82) is 0 Å². The molecule has 3 rings (SSSR count). The Hall–Kier alpha value is -1.72. The van der Waals surface area contributed by atoms with Crippen LogP contribution in [0, 0.1) is 18.8 Å². The summed E-state index contributed by atoms with van der Waals surface area (Å²) in [5.74, 6) is 0.554. The number of benzene rings is 1. The SMILES string of the molecule is Cc1nc(-c2ccccc2)c(NC(=O)C(C)C2CNC2)s1. The van der Waals surface area contributed by atoms with Crippen LogP contribution in [-0.2, 0) is 4.79 Å². The van der Waals surface area contributed by atoms with Gasteiger partial charge < -0.3 is 10.6 Å². The van der Waals surface area contributed by atoms with Crippen LogP contribution in [0.3, 0.4) is 0 Å². The van der Waals surface area contributed by atoms with Crippen LogP contribution >= 0.6 is 11.3 Å². The molecular weight excluding hydrogens is 282 g/mol. The lowest BCUT2D eigenvalue weighted by Crippen LogP contribution is -2.48. The fourth-order valence-corrected chi connectivity index (χ4v) is 3.25. The molecule has 5 heteroatoms. The van der Waals surface area contributed by atoms with Gasteiger partial charge in [-0.25, -0.2) is 4.98 Å². The molecule has 4 nitrogen and oxygen atoms in total. The third kappa shape index (κ3) is 2.99. The topological polar surface area (TPSA) is 54.0 Å². The number of carbonyl (C=O) groups is 1. The molecule has 110 valence electrons. The van der Waals surface area contributed by atoms with E-state index in [1.807, 2.05) is 44.2 Å². The van der Waals surface area contributed by atoms with Gasteiger partial charge in [-0.3, -0.25) is 4.79 Å². The quantitative estimate of drug-likeness (QED) is 0.913. The lowest BCUT2D eigenvalue weighted by Gasteiger charge is -2.31. The second-order valence-electron chi connectivity index (χ2n) is 5.47. The Morgan fingerprint density at radius 1 is 1.38 bits per heavy atom. The molecule has 0 radical (unpaired) electrons. The summed E-state index contributed by atoms with van der Waals surface area (Å²) in [6.07, 6.45) is 0. The lowest BCUT2D eigenvalue weighted by molar-refractivity contribution is -0.121. The van der Waals surface area contributed by atoms with Crippen molar-refractivity contribution in [2.24, 2.45) is 11.8 Å². The molecule has 1 amide bonds. The Morgan fingerprint density at radius 2 is 2.10 bits per heavy atom. The first-order chi connectivity index (χ1) is 10.1. The van der Waals surface area contributed by atoms with E-state index < -0.39 is 0 Å². The van der Waals surface area contributed by atoms with E-state index in [0.29, 0.717) is 5.92 Å². The molecule has 1 saturated heterocycles. The van der Waals surface area contributed by atoms with Gasteiger partial charge in [-0.05, 0) is 25.9 Å². The highest BCUT2D eigenvalue weighted by Crippen LogP contribution is 2.33. The molecule has 2 aromatic rings. The molecule has 1 aliphatic heterocycles. The minimum atomic E-state index is 0.0253. The molecule has 1 aromatic carbocycles. The smallest absolute Gasteiger partial charge is 0.228 e. The molecule has 0 saturated carbocycles. The van der Waals surface area contributed by atoms with Gasteiger partial charge in [-0.2, -0.15) is 0 Å². The predicted octanol–water partition coefficient (Wildman–Crippen LogP) is 2.91. The molecule has 1 fully saturated rings. The Bertz CT molecular complexity index is 634. The number of thiazole rings is 1. The van der Waals surface area contributed by atoms with Gasteiger partial charge in [-0.15, -0.1) is 11.3 Å². The average Bonchev–Trinajstić information content (AvgIpc) is 2.78. The largest absolute Gasteiger partial charge is 0.316 e. The standard InChI is InChI=1S/C16H19N3OS/c1-10(13-8-17-9-13)15(20)19-16-14(18-11(2)21-16)12-6-4-3-5-7-12/h3-7,10,13,17H,8-9H2,1-2H3,(H,19,20). The van der Waals surface area contributed by atoms with E-state index in [2.05, 4.69) is 15.6 Å². The van der Waals surface area contributed by atoms with Crippen LogP contribution in [0.4, 0.5) is 5.00 Å². The Balaban J connectivity index is 1.81. The normalized spacial score (nSPS) is 16.3. The summed E-state index contributed by atoms with van der Waals surface area (Å²) in [5.41, 5.74) is 1.90.